The average molecular weight is 237 g/mol. The molecule has 1 N–H and O–H groups in total. The Bertz CT molecular complexity index is 488. The normalized spacial score (nSPS) is 11.2. The summed E-state index contributed by atoms with van der Waals surface area (Å²) in [6.45, 7) is 1.06. The van der Waals surface area contributed by atoms with Crippen LogP contribution in [0.25, 0.3) is 10.9 Å². The van der Waals surface area contributed by atoms with Gasteiger partial charge in [-0.2, -0.15) is 0 Å². The summed E-state index contributed by atoms with van der Waals surface area (Å²) in [6.07, 6.45) is 2.26. The van der Waals surface area contributed by atoms with Gasteiger partial charge in [-0.25, -0.2) is 0 Å². The summed E-state index contributed by atoms with van der Waals surface area (Å²) < 4.78 is 2.23. The van der Waals surface area contributed by atoms with Gasteiger partial charge in [0.25, 0.3) is 0 Å². The number of hydrogen-bond acceptors (Lipinski definition) is 1. The van der Waals surface area contributed by atoms with Gasteiger partial charge in [-0.3, -0.25) is 0 Å². The number of rotatable bonds is 4. The standard InChI is InChI=1S/C13H17ClN2/c1-15-7-3-4-12-8-10-5-6-11(14)9-13(10)16(12)2/h5-6,8-9,15H,3-4,7H2,1-2H3. The van der Waals surface area contributed by atoms with E-state index in [0.717, 1.165) is 24.4 Å². The highest BCUT2D eigenvalue weighted by Crippen LogP contribution is 2.23. The Balaban J connectivity index is 2.29. The molecule has 0 fully saturated rings. The van der Waals surface area contributed by atoms with Gasteiger partial charge in [0.1, 0.15) is 0 Å². The van der Waals surface area contributed by atoms with E-state index in [2.05, 4.69) is 29.1 Å². The maximum absolute atomic E-state index is 6.00. The van der Waals surface area contributed by atoms with Gasteiger partial charge in [0.05, 0.1) is 0 Å². The summed E-state index contributed by atoms with van der Waals surface area (Å²) >= 11 is 6.00. The summed E-state index contributed by atoms with van der Waals surface area (Å²) in [6, 6.07) is 8.31. The van der Waals surface area contributed by atoms with E-state index in [1.54, 1.807) is 0 Å². The third-order valence-electron chi connectivity index (χ3n) is 2.97. The molecule has 1 aromatic carbocycles. The first-order valence-electron chi connectivity index (χ1n) is 5.61. The monoisotopic (exact) mass is 236 g/mol. The maximum atomic E-state index is 6.00. The van der Waals surface area contributed by atoms with Crippen LogP contribution in [0.4, 0.5) is 0 Å². The van der Waals surface area contributed by atoms with Crippen molar-refractivity contribution in [3.05, 3.63) is 35.0 Å². The Kier molecular flexibility index (Phi) is 3.52. The summed E-state index contributed by atoms with van der Waals surface area (Å²) in [7, 11) is 4.09. The van der Waals surface area contributed by atoms with Crippen LogP contribution in [-0.4, -0.2) is 18.2 Å². The van der Waals surface area contributed by atoms with Crippen molar-refractivity contribution in [1.82, 2.24) is 9.88 Å². The number of aromatic nitrogens is 1. The lowest BCUT2D eigenvalue weighted by Gasteiger charge is -2.04. The van der Waals surface area contributed by atoms with Gasteiger partial charge >= 0.3 is 0 Å². The summed E-state index contributed by atoms with van der Waals surface area (Å²) in [5.41, 5.74) is 2.58. The predicted molar refractivity (Wildman–Crippen MR) is 70.2 cm³/mol. The molecule has 0 aliphatic rings. The molecule has 0 bridgehead atoms. The molecule has 0 radical (unpaired) electrons. The molecule has 0 saturated carbocycles. The van der Waals surface area contributed by atoms with E-state index < -0.39 is 0 Å². The van der Waals surface area contributed by atoms with Crippen LogP contribution in [0.5, 0.6) is 0 Å². The van der Waals surface area contributed by atoms with Crippen molar-refractivity contribution in [1.29, 1.82) is 0 Å². The largest absolute Gasteiger partial charge is 0.348 e. The highest BCUT2D eigenvalue weighted by atomic mass is 35.5. The fraction of sp³-hybridized carbons (Fsp3) is 0.385. The van der Waals surface area contributed by atoms with Crippen LogP contribution in [0.15, 0.2) is 24.3 Å². The number of halogens is 1. The van der Waals surface area contributed by atoms with Crippen molar-refractivity contribution in [2.24, 2.45) is 7.05 Å². The molecule has 0 aliphatic carbocycles. The minimum absolute atomic E-state index is 0.801. The predicted octanol–water partition coefficient (Wildman–Crippen LogP) is 2.98. The zero-order valence-corrected chi connectivity index (χ0v) is 10.5. The second kappa shape index (κ2) is 4.89. The highest BCUT2D eigenvalue weighted by molar-refractivity contribution is 6.31. The van der Waals surface area contributed by atoms with Crippen molar-refractivity contribution in [2.45, 2.75) is 12.8 Å². The molecular weight excluding hydrogens is 220 g/mol. The number of nitrogens with one attached hydrogen (secondary N) is 1. The summed E-state index contributed by atoms with van der Waals surface area (Å²) in [4.78, 5) is 0. The van der Waals surface area contributed by atoms with Crippen LogP contribution in [0.1, 0.15) is 12.1 Å². The molecule has 0 atom stereocenters. The first kappa shape index (κ1) is 11.5. The summed E-state index contributed by atoms with van der Waals surface area (Å²) in [5, 5.41) is 5.24. The molecule has 0 amide bonds. The average Bonchev–Trinajstić information content (AvgIpc) is 2.57. The maximum Gasteiger partial charge on any atom is 0.0494 e. The van der Waals surface area contributed by atoms with E-state index in [4.69, 9.17) is 11.6 Å². The van der Waals surface area contributed by atoms with Crippen LogP contribution in [-0.2, 0) is 13.5 Å². The molecule has 0 aliphatic heterocycles. The number of hydrogen-bond donors (Lipinski definition) is 1. The van der Waals surface area contributed by atoms with Crippen molar-refractivity contribution in [2.75, 3.05) is 13.6 Å². The van der Waals surface area contributed by atoms with Crippen LogP contribution in [0.2, 0.25) is 5.02 Å². The number of fused-ring (bicyclic) bond motifs is 1. The lowest BCUT2D eigenvalue weighted by atomic mass is 10.2. The molecule has 1 aromatic heterocycles. The Hall–Kier alpha value is -0.990. The van der Waals surface area contributed by atoms with E-state index in [1.165, 1.54) is 16.6 Å². The van der Waals surface area contributed by atoms with Gasteiger partial charge in [0.15, 0.2) is 0 Å². The molecule has 0 spiro atoms. The lowest BCUT2D eigenvalue weighted by Crippen LogP contribution is -2.09. The van der Waals surface area contributed by atoms with Crippen molar-refractivity contribution >= 4 is 22.5 Å². The topological polar surface area (TPSA) is 17.0 Å². The number of nitrogens with zero attached hydrogens (tertiary/aromatic N) is 1. The Morgan fingerprint density at radius 2 is 2.12 bits per heavy atom. The second-order valence-corrected chi connectivity index (χ2v) is 4.54. The third-order valence-corrected chi connectivity index (χ3v) is 3.20. The molecular formula is C13H17ClN2. The molecule has 0 saturated heterocycles. The molecule has 86 valence electrons. The van der Waals surface area contributed by atoms with E-state index in [1.807, 2.05) is 19.2 Å². The second-order valence-electron chi connectivity index (χ2n) is 4.10. The quantitative estimate of drug-likeness (QED) is 0.808. The van der Waals surface area contributed by atoms with E-state index in [-0.39, 0.29) is 0 Å². The van der Waals surface area contributed by atoms with Gasteiger partial charge in [0.2, 0.25) is 0 Å². The van der Waals surface area contributed by atoms with E-state index in [0.29, 0.717) is 0 Å². The third kappa shape index (κ3) is 2.23. The molecule has 3 heteroatoms. The molecule has 16 heavy (non-hydrogen) atoms. The van der Waals surface area contributed by atoms with Crippen molar-refractivity contribution in [3.8, 4) is 0 Å². The minimum atomic E-state index is 0.801. The Labute approximate surface area is 101 Å². The van der Waals surface area contributed by atoms with Crippen LogP contribution < -0.4 is 5.32 Å². The Morgan fingerprint density at radius 3 is 2.88 bits per heavy atom. The fourth-order valence-corrected chi connectivity index (χ4v) is 2.21. The van der Waals surface area contributed by atoms with Crippen LogP contribution in [0.3, 0.4) is 0 Å². The fourth-order valence-electron chi connectivity index (χ4n) is 2.05. The van der Waals surface area contributed by atoms with Crippen LogP contribution >= 0.6 is 11.6 Å². The molecule has 2 aromatic rings. The van der Waals surface area contributed by atoms with E-state index >= 15 is 0 Å². The zero-order valence-electron chi connectivity index (χ0n) is 9.76. The first-order valence-corrected chi connectivity index (χ1v) is 5.98. The van der Waals surface area contributed by atoms with Gasteiger partial charge < -0.3 is 9.88 Å². The smallest absolute Gasteiger partial charge is 0.0494 e. The minimum Gasteiger partial charge on any atom is -0.348 e. The van der Waals surface area contributed by atoms with Gasteiger partial charge in [-0.1, -0.05) is 17.7 Å². The summed E-state index contributed by atoms with van der Waals surface area (Å²) in [5.74, 6) is 0. The highest BCUT2D eigenvalue weighted by Gasteiger charge is 2.05. The van der Waals surface area contributed by atoms with E-state index in [9.17, 15) is 0 Å². The first-order chi connectivity index (χ1) is 7.72. The van der Waals surface area contributed by atoms with Crippen LogP contribution in [0, 0.1) is 0 Å². The molecule has 1 heterocycles. The Morgan fingerprint density at radius 1 is 1.31 bits per heavy atom. The molecule has 0 unspecified atom stereocenters. The number of aryl methyl sites for hydroxylation is 2. The van der Waals surface area contributed by atoms with Crippen molar-refractivity contribution in [3.63, 3.8) is 0 Å². The zero-order chi connectivity index (χ0) is 11.5. The lowest BCUT2D eigenvalue weighted by molar-refractivity contribution is 0.699. The van der Waals surface area contributed by atoms with Crippen molar-refractivity contribution < 1.29 is 0 Å². The number of benzene rings is 1. The molecule has 2 rings (SSSR count). The SMILES string of the molecule is CNCCCc1cc2ccc(Cl)cc2n1C. The van der Waals surface area contributed by atoms with Gasteiger partial charge in [-0.15, -0.1) is 0 Å². The van der Waals surface area contributed by atoms with Gasteiger partial charge in [0, 0.05) is 23.3 Å². The molecule has 2 nitrogen and oxygen atoms in total. The van der Waals surface area contributed by atoms with Gasteiger partial charge in [-0.05, 0) is 50.0 Å².